The average molecular weight is 257 g/mol. The zero-order chi connectivity index (χ0) is 13.1. The molecule has 98 valence electrons. The topological polar surface area (TPSA) is 55.3 Å². The number of aryl methyl sites for hydroxylation is 1. The molecule has 18 heavy (non-hydrogen) atoms. The van der Waals surface area contributed by atoms with Crippen LogP contribution in [0.2, 0.25) is 0 Å². The summed E-state index contributed by atoms with van der Waals surface area (Å²) in [4.78, 5) is 21.1. The van der Waals surface area contributed by atoms with Gasteiger partial charge in [-0.25, -0.2) is 18.7 Å². The van der Waals surface area contributed by atoms with Crippen LogP contribution in [-0.4, -0.2) is 47.1 Å². The van der Waals surface area contributed by atoms with E-state index in [0.29, 0.717) is 26.3 Å². The number of aromatic nitrogens is 2. The lowest BCUT2D eigenvalue weighted by Gasteiger charge is -2.26. The molecule has 7 heteroatoms. The maximum absolute atomic E-state index is 12.6. The van der Waals surface area contributed by atoms with Crippen LogP contribution >= 0.6 is 0 Å². The van der Waals surface area contributed by atoms with Gasteiger partial charge in [0.2, 0.25) is 0 Å². The van der Waals surface area contributed by atoms with Crippen LogP contribution in [0.1, 0.15) is 28.4 Å². The molecule has 1 aliphatic rings. The number of ether oxygens (including phenoxy) is 1. The second-order valence-electron chi connectivity index (χ2n) is 3.93. The number of amides is 1. The molecule has 1 saturated heterocycles. The molecule has 0 saturated carbocycles. The first-order valence-electron chi connectivity index (χ1n) is 5.58. The molecule has 2 heterocycles. The van der Waals surface area contributed by atoms with E-state index >= 15 is 0 Å². The summed E-state index contributed by atoms with van der Waals surface area (Å²) in [6.45, 7) is 3.30. The standard InChI is InChI=1S/C11H13F2N3O2/c1-7-14-8(10(12)13)6-9(15-7)11(17)16-2-4-18-5-3-16/h6,10H,2-5H2,1H3. The van der Waals surface area contributed by atoms with Crippen molar-refractivity contribution in [2.75, 3.05) is 26.3 Å². The van der Waals surface area contributed by atoms with E-state index in [0.717, 1.165) is 6.07 Å². The van der Waals surface area contributed by atoms with Gasteiger partial charge >= 0.3 is 0 Å². The van der Waals surface area contributed by atoms with E-state index in [4.69, 9.17) is 4.74 Å². The highest BCUT2D eigenvalue weighted by molar-refractivity contribution is 5.92. The maximum atomic E-state index is 12.6. The van der Waals surface area contributed by atoms with Gasteiger partial charge in [-0.1, -0.05) is 0 Å². The monoisotopic (exact) mass is 257 g/mol. The summed E-state index contributed by atoms with van der Waals surface area (Å²) in [5, 5.41) is 0. The fourth-order valence-electron chi connectivity index (χ4n) is 1.74. The van der Waals surface area contributed by atoms with Gasteiger partial charge in [0.1, 0.15) is 17.2 Å². The van der Waals surface area contributed by atoms with E-state index in [1.165, 1.54) is 6.92 Å². The Morgan fingerprint density at radius 3 is 2.67 bits per heavy atom. The Balaban J connectivity index is 2.23. The molecule has 0 aromatic carbocycles. The third-order valence-corrected chi connectivity index (χ3v) is 2.60. The minimum absolute atomic E-state index is 0.0136. The van der Waals surface area contributed by atoms with E-state index in [1.54, 1.807) is 4.90 Å². The van der Waals surface area contributed by atoms with Crippen LogP contribution in [0.3, 0.4) is 0 Å². The number of nitrogens with zero attached hydrogens (tertiary/aromatic N) is 3. The lowest BCUT2D eigenvalue weighted by atomic mass is 10.2. The Labute approximate surface area is 103 Å². The van der Waals surface area contributed by atoms with E-state index in [2.05, 4.69) is 9.97 Å². The van der Waals surface area contributed by atoms with E-state index in [-0.39, 0.29) is 17.4 Å². The molecule has 0 aliphatic carbocycles. The van der Waals surface area contributed by atoms with Crippen molar-refractivity contribution in [1.82, 2.24) is 14.9 Å². The molecule has 5 nitrogen and oxygen atoms in total. The first-order valence-corrected chi connectivity index (χ1v) is 5.58. The van der Waals surface area contributed by atoms with Crippen LogP contribution in [-0.2, 0) is 4.74 Å². The van der Waals surface area contributed by atoms with Crippen molar-refractivity contribution in [3.8, 4) is 0 Å². The molecule has 0 atom stereocenters. The summed E-state index contributed by atoms with van der Waals surface area (Å²) in [5.41, 5.74) is -0.404. The minimum Gasteiger partial charge on any atom is -0.378 e. The second kappa shape index (κ2) is 5.34. The first-order chi connectivity index (χ1) is 8.58. The molecule has 0 unspecified atom stereocenters. The second-order valence-corrected chi connectivity index (χ2v) is 3.93. The molecule has 0 bridgehead atoms. The van der Waals surface area contributed by atoms with Gasteiger partial charge in [0.25, 0.3) is 12.3 Å². The normalized spacial score (nSPS) is 16.1. The summed E-state index contributed by atoms with van der Waals surface area (Å²) < 4.78 is 30.3. The molecule has 1 aromatic heterocycles. The molecule has 1 aliphatic heterocycles. The SMILES string of the molecule is Cc1nc(C(=O)N2CCOCC2)cc(C(F)F)n1. The molecular weight excluding hydrogens is 244 g/mol. The number of hydrogen-bond donors (Lipinski definition) is 0. The van der Waals surface area contributed by atoms with Gasteiger partial charge in [-0.2, -0.15) is 0 Å². The number of alkyl halides is 2. The number of carbonyl (C=O) groups is 1. The Bertz CT molecular complexity index is 448. The van der Waals surface area contributed by atoms with Crippen LogP contribution in [0.5, 0.6) is 0 Å². The third-order valence-electron chi connectivity index (χ3n) is 2.60. The van der Waals surface area contributed by atoms with Gasteiger partial charge in [-0.05, 0) is 13.0 Å². The highest BCUT2D eigenvalue weighted by Gasteiger charge is 2.22. The molecule has 1 amide bonds. The van der Waals surface area contributed by atoms with Crippen LogP contribution in [0.15, 0.2) is 6.07 Å². The Kier molecular flexibility index (Phi) is 3.81. The Hall–Kier alpha value is -1.63. The maximum Gasteiger partial charge on any atom is 0.280 e. The van der Waals surface area contributed by atoms with Gasteiger partial charge in [-0.15, -0.1) is 0 Å². The van der Waals surface area contributed by atoms with E-state index in [1.807, 2.05) is 0 Å². The van der Waals surface area contributed by atoms with Crippen molar-refractivity contribution in [2.45, 2.75) is 13.3 Å². The highest BCUT2D eigenvalue weighted by Crippen LogP contribution is 2.17. The summed E-state index contributed by atoms with van der Waals surface area (Å²) >= 11 is 0. The van der Waals surface area contributed by atoms with Crippen molar-refractivity contribution in [2.24, 2.45) is 0 Å². The van der Waals surface area contributed by atoms with Crippen molar-refractivity contribution in [1.29, 1.82) is 0 Å². The zero-order valence-corrected chi connectivity index (χ0v) is 9.90. The molecule has 1 aromatic rings. The molecular formula is C11H13F2N3O2. The number of hydrogen-bond acceptors (Lipinski definition) is 4. The lowest BCUT2D eigenvalue weighted by Crippen LogP contribution is -2.41. The van der Waals surface area contributed by atoms with Crippen molar-refractivity contribution >= 4 is 5.91 Å². The van der Waals surface area contributed by atoms with Gasteiger partial charge in [0.05, 0.1) is 13.2 Å². The Morgan fingerprint density at radius 2 is 2.06 bits per heavy atom. The zero-order valence-electron chi connectivity index (χ0n) is 9.90. The number of morpholine rings is 1. The Morgan fingerprint density at radius 1 is 1.39 bits per heavy atom. The van der Waals surface area contributed by atoms with Crippen molar-refractivity contribution in [3.63, 3.8) is 0 Å². The van der Waals surface area contributed by atoms with Crippen molar-refractivity contribution in [3.05, 3.63) is 23.3 Å². The van der Waals surface area contributed by atoms with Crippen LogP contribution in [0.4, 0.5) is 8.78 Å². The van der Waals surface area contributed by atoms with E-state index in [9.17, 15) is 13.6 Å². The van der Waals surface area contributed by atoms with Crippen LogP contribution < -0.4 is 0 Å². The van der Waals surface area contributed by atoms with Gasteiger partial charge < -0.3 is 9.64 Å². The molecule has 0 radical (unpaired) electrons. The predicted octanol–water partition coefficient (Wildman–Crippen LogP) is 1.20. The highest BCUT2D eigenvalue weighted by atomic mass is 19.3. The number of halogens is 2. The molecule has 1 fully saturated rings. The average Bonchev–Trinajstić information content (AvgIpc) is 2.38. The summed E-state index contributed by atoms with van der Waals surface area (Å²) in [6, 6.07) is 1.05. The summed E-state index contributed by atoms with van der Waals surface area (Å²) in [7, 11) is 0. The quantitative estimate of drug-likeness (QED) is 0.798. The fraction of sp³-hybridized carbons (Fsp3) is 0.545. The van der Waals surface area contributed by atoms with Gasteiger partial charge in [-0.3, -0.25) is 4.79 Å². The number of carbonyl (C=O) groups excluding carboxylic acids is 1. The summed E-state index contributed by atoms with van der Waals surface area (Å²) in [6.07, 6.45) is -2.71. The third kappa shape index (κ3) is 2.79. The van der Waals surface area contributed by atoms with Crippen LogP contribution in [0.25, 0.3) is 0 Å². The minimum atomic E-state index is -2.71. The fourth-order valence-corrected chi connectivity index (χ4v) is 1.74. The first kappa shape index (κ1) is 12.8. The molecule has 0 spiro atoms. The summed E-state index contributed by atoms with van der Waals surface area (Å²) in [5.74, 6) is -0.185. The smallest absolute Gasteiger partial charge is 0.280 e. The van der Waals surface area contributed by atoms with E-state index < -0.39 is 12.1 Å². The van der Waals surface area contributed by atoms with Crippen molar-refractivity contribution < 1.29 is 18.3 Å². The molecule has 2 rings (SSSR count). The van der Waals surface area contributed by atoms with Gasteiger partial charge in [0.15, 0.2) is 0 Å². The predicted molar refractivity (Wildman–Crippen MR) is 58.4 cm³/mol. The van der Waals surface area contributed by atoms with Crippen LogP contribution in [0, 0.1) is 6.92 Å². The molecule has 0 N–H and O–H groups in total. The van der Waals surface area contributed by atoms with Gasteiger partial charge in [0, 0.05) is 13.1 Å². The largest absolute Gasteiger partial charge is 0.378 e. The lowest BCUT2D eigenvalue weighted by molar-refractivity contribution is 0.0298. The number of rotatable bonds is 2.